The van der Waals surface area contributed by atoms with Crippen LogP contribution < -0.4 is 5.32 Å². The summed E-state index contributed by atoms with van der Waals surface area (Å²) in [6.07, 6.45) is 3.62. The standard InChI is InChI=1S/C12H14N2O/c1-9-7-13-6-5-12(9)14-8-11-4-3-10(2)15-11/h3-7H,8H2,1-2H3,(H,13,14). The lowest BCUT2D eigenvalue weighted by Gasteiger charge is -2.06. The van der Waals surface area contributed by atoms with Crippen LogP contribution in [0.2, 0.25) is 0 Å². The van der Waals surface area contributed by atoms with E-state index in [0.29, 0.717) is 6.54 Å². The molecule has 3 heteroatoms. The molecule has 2 rings (SSSR count). The van der Waals surface area contributed by atoms with Gasteiger partial charge in [0, 0.05) is 18.1 Å². The molecule has 0 aliphatic carbocycles. The van der Waals surface area contributed by atoms with Crippen molar-refractivity contribution >= 4 is 5.69 Å². The molecule has 0 aliphatic rings. The van der Waals surface area contributed by atoms with Crippen LogP contribution in [0.4, 0.5) is 5.69 Å². The first-order chi connectivity index (χ1) is 7.25. The number of anilines is 1. The highest BCUT2D eigenvalue weighted by Crippen LogP contribution is 2.14. The van der Waals surface area contributed by atoms with E-state index in [1.807, 2.05) is 38.2 Å². The molecule has 2 heterocycles. The Bertz CT molecular complexity index is 448. The highest BCUT2D eigenvalue weighted by Gasteiger charge is 2.00. The minimum absolute atomic E-state index is 0.707. The number of furan rings is 1. The van der Waals surface area contributed by atoms with Crippen LogP contribution in [-0.4, -0.2) is 4.98 Å². The van der Waals surface area contributed by atoms with Gasteiger partial charge in [-0.1, -0.05) is 0 Å². The molecule has 0 aromatic carbocycles. The fourth-order valence-electron chi connectivity index (χ4n) is 1.43. The lowest BCUT2D eigenvalue weighted by atomic mass is 10.2. The summed E-state index contributed by atoms with van der Waals surface area (Å²) in [5.74, 6) is 1.89. The number of aryl methyl sites for hydroxylation is 2. The number of aromatic nitrogens is 1. The van der Waals surface area contributed by atoms with Gasteiger partial charge in [-0.3, -0.25) is 4.98 Å². The van der Waals surface area contributed by atoms with Gasteiger partial charge in [-0.15, -0.1) is 0 Å². The van der Waals surface area contributed by atoms with E-state index in [1.165, 1.54) is 0 Å². The smallest absolute Gasteiger partial charge is 0.123 e. The molecule has 0 atom stereocenters. The highest BCUT2D eigenvalue weighted by molar-refractivity contribution is 5.48. The second-order valence-electron chi connectivity index (χ2n) is 3.56. The highest BCUT2D eigenvalue weighted by atomic mass is 16.3. The van der Waals surface area contributed by atoms with Crippen molar-refractivity contribution in [1.29, 1.82) is 0 Å². The molecule has 2 aromatic heterocycles. The second kappa shape index (κ2) is 4.17. The summed E-state index contributed by atoms with van der Waals surface area (Å²) in [5.41, 5.74) is 2.24. The van der Waals surface area contributed by atoms with Gasteiger partial charge < -0.3 is 9.73 Å². The fraction of sp³-hybridized carbons (Fsp3) is 0.250. The third-order valence-corrected chi connectivity index (χ3v) is 2.27. The Morgan fingerprint density at radius 2 is 2.13 bits per heavy atom. The van der Waals surface area contributed by atoms with Crippen LogP contribution in [-0.2, 0) is 6.54 Å². The van der Waals surface area contributed by atoms with Crippen molar-refractivity contribution in [1.82, 2.24) is 4.98 Å². The minimum Gasteiger partial charge on any atom is -0.465 e. The van der Waals surface area contributed by atoms with E-state index in [4.69, 9.17) is 4.42 Å². The summed E-state index contributed by atoms with van der Waals surface area (Å²) in [6, 6.07) is 5.92. The Morgan fingerprint density at radius 1 is 1.27 bits per heavy atom. The van der Waals surface area contributed by atoms with Crippen molar-refractivity contribution < 1.29 is 4.42 Å². The van der Waals surface area contributed by atoms with Crippen molar-refractivity contribution in [2.45, 2.75) is 20.4 Å². The molecule has 0 saturated heterocycles. The zero-order valence-electron chi connectivity index (χ0n) is 8.95. The molecule has 0 fully saturated rings. The largest absolute Gasteiger partial charge is 0.465 e. The van der Waals surface area contributed by atoms with E-state index in [2.05, 4.69) is 10.3 Å². The Hall–Kier alpha value is -1.77. The van der Waals surface area contributed by atoms with Crippen molar-refractivity contribution in [2.75, 3.05) is 5.32 Å². The van der Waals surface area contributed by atoms with Gasteiger partial charge in [0.15, 0.2) is 0 Å². The lowest BCUT2D eigenvalue weighted by Crippen LogP contribution is -1.99. The minimum atomic E-state index is 0.707. The van der Waals surface area contributed by atoms with Gasteiger partial charge in [0.1, 0.15) is 11.5 Å². The maximum atomic E-state index is 5.47. The zero-order valence-corrected chi connectivity index (χ0v) is 8.95. The first-order valence-electron chi connectivity index (χ1n) is 4.95. The van der Waals surface area contributed by atoms with Crippen molar-refractivity contribution in [2.24, 2.45) is 0 Å². The maximum Gasteiger partial charge on any atom is 0.123 e. The molecular formula is C12H14N2O. The van der Waals surface area contributed by atoms with Crippen LogP contribution in [0.3, 0.4) is 0 Å². The van der Waals surface area contributed by atoms with Crippen molar-refractivity contribution in [3.8, 4) is 0 Å². The zero-order chi connectivity index (χ0) is 10.7. The van der Waals surface area contributed by atoms with E-state index in [0.717, 1.165) is 22.8 Å². The van der Waals surface area contributed by atoms with Gasteiger partial charge >= 0.3 is 0 Å². The molecule has 78 valence electrons. The Kier molecular flexibility index (Phi) is 2.72. The van der Waals surface area contributed by atoms with Gasteiger partial charge in [0.2, 0.25) is 0 Å². The third kappa shape index (κ3) is 2.37. The Morgan fingerprint density at radius 3 is 2.80 bits per heavy atom. The number of hydrogen-bond donors (Lipinski definition) is 1. The van der Waals surface area contributed by atoms with Crippen molar-refractivity contribution in [3.05, 3.63) is 47.7 Å². The van der Waals surface area contributed by atoms with Crippen LogP contribution >= 0.6 is 0 Å². The molecule has 0 amide bonds. The first kappa shape index (κ1) is 9.77. The molecule has 0 aliphatic heterocycles. The van der Waals surface area contributed by atoms with Crippen LogP contribution in [0.1, 0.15) is 17.1 Å². The van der Waals surface area contributed by atoms with Crippen LogP contribution in [0.5, 0.6) is 0 Å². The number of nitrogens with zero attached hydrogens (tertiary/aromatic N) is 1. The summed E-state index contributed by atoms with van der Waals surface area (Å²) in [7, 11) is 0. The number of hydrogen-bond acceptors (Lipinski definition) is 3. The summed E-state index contributed by atoms with van der Waals surface area (Å²) in [6.45, 7) is 4.68. The van der Waals surface area contributed by atoms with Gasteiger partial charge in [-0.2, -0.15) is 0 Å². The molecule has 15 heavy (non-hydrogen) atoms. The average molecular weight is 202 g/mol. The molecule has 1 N–H and O–H groups in total. The monoisotopic (exact) mass is 202 g/mol. The Balaban J connectivity index is 2.02. The second-order valence-corrected chi connectivity index (χ2v) is 3.56. The molecule has 0 unspecified atom stereocenters. The molecule has 2 aromatic rings. The lowest BCUT2D eigenvalue weighted by molar-refractivity contribution is 0.490. The van der Waals surface area contributed by atoms with Crippen LogP contribution in [0.15, 0.2) is 35.0 Å². The first-order valence-corrected chi connectivity index (χ1v) is 4.95. The molecule has 0 saturated carbocycles. The quantitative estimate of drug-likeness (QED) is 0.831. The number of nitrogens with one attached hydrogen (secondary N) is 1. The molecule has 0 bridgehead atoms. The summed E-state index contributed by atoms with van der Waals surface area (Å²) in [4.78, 5) is 4.04. The number of rotatable bonds is 3. The van der Waals surface area contributed by atoms with Crippen LogP contribution in [0, 0.1) is 13.8 Å². The van der Waals surface area contributed by atoms with E-state index in [1.54, 1.807) is 6.20 Å². The van der Waals surface area contributed by atoms with Gasteiger partial charge in [-0.25, -0.2) is 0 Å². The maximum absolute atomic E-state index is 5.47. The SMILES string of the molecule is Cc1ccc(CNc2ccncc2C)o1. The summed E-state index contributed by atoms with van der Waals surface area (Å²) < 4.78 is 5.47. The summed E-state index contributed by atoms with van der Waals surface area (Å²) >= 11 is 0. The molecule has 3 nitrogen and oxygen atoms in total. The third-order valence-electron chi connectivity index (χ3n) is 2.27. The normalized spacial score (nSPS) is 10.3. The van der Waals surface area contributed by atoms with E-state index >= 15 is 0 Å². The average Bonchev–Trinajstić information content (AvgIpc) is 2.63. The van der Waals surface area contributed by atoms with E-state index in [9.17, 15) is 0 Å². The topological polar surface area (TPSA) is 38.1 Å². The number of pyridine rings is 1. The molecule has 0 spiro atoms. The van der Waals surface area contributed by atoms with Gasteiger partial charge in [0.25, 0.3) is 0 Å². The predicted molar refractivity (Wildman–Crippen MR) is 59.7 cm³/mol. The van der Waals surface area contributed by atoms with E-state index < -0.39 is 0 Å². The van der Waals surface area contributed by atoms with Crippen molar-refractivity contribution in [3.63, 3.8) is 0 Å². The molecule has 0 radical (unpaired) electrons. The Labute approximate surface area is 89.1 Å². The van der Waals surface area contributed by atoms with E-state index in [-0.39, 0.29) is 0 Å². The predicted octanol–water partition coefficient (Wildman–Crippen LogP) is 2.90. The summed E-state index contributed by atoms with van der Waals surface area (Å²) in [5, 5.41) is 3.31. The fourth-order valence-corrected chi connectivity index (χ4v) is 1.43. The van der Waals surface area contributed by atoms with Crippen LogP contribution in [0.25, 0.3) is 0 Å². The van der Waals surface area contributed by atoms with Gasteiger partial charge in [0.05, 0.1) is 6.54 Å². The molecular weight excluding hydrogens is 188 g/mol. The van der Waals surface area contributed by atoms with Gasteiger partial charge in [-0.05, 0) is 37.6 Å².